The summed E-state index contributed by atoms with van der Waals surface area (Å²) >= 11 is 5.26. The van der Waals surface area contributed by atoms with Crippen LogP contribution in [0.5, 0.6) is 5.75 Å². The van der Waals surface area contributed by atoms with Gasteiger partial charge in [0.2, 0.25) is 0 Å². The molecule has 0 spiro atoms. The molecule has 7 N–H and O–H groups in total. The number of aliphatic hydroxyl groups is 4. The Kier molecular flexibility index (Phi) is 9.71. The molecule has 1 aromatic rings. The third kappa shape index (κ3) is 5.51. The molecule has 2 unspecified atom stereocenters. The number of primary amides is 1. The molecule has 0 saturated heterocycles. The molecule has 0 aromatic heterocycles. The molecule has 9 nitrogen and oxygen atoms in total. The number of halogens is 3. The number of carbonyl (C=O) groups is 2. The molecule has 1 aromatic carbocycles. The van der Waals surface area contributed by atoms with E-state index >= 15 is 0 Å². The van der Waals surface area contributed by atoms with Crippen molar-refractivity contribution in [1.29, 1.82) is 0 Å². The van der Waals surface area contributed by atoms with Gasteiger partial charge in [-0.3, -0.25) is 9.59 Å². The minimum Gasteiger partial charge on any atom is -0.506 e. The van der Waals surface area contributed by atoms with Crippen molar-refractivity contribution in [3.63, 3.8) is 0 Å². The van der Waals surface area contributed by atoms with Crippen LogP contribution >= 0.6 is 67.8 Å². The van der Waals surface area contributed by atoms with E-state index in [1.54, 1.807) is 67.8 Å². The number of hydrogen-bond donors (Lipinski definition) is 6. The molecule has 0 heterocycles. The van der Waals surface area contributed by atoms with Crippen molar-refractivity contribution < 1.29 is 35.1 Å². The van der Waals surface area contributed by atoms with Gasteiger partial charge >= 0.3 is 0 Å². The number of hydrogen-bond acceptors (Lipinski definition) is 7. The summed E-state index contributed by atoms with van der Waals surface area (Å²) in [7, 11) is 0. The molecule has 0 aliphatic rings. The molecule has 12 heteroatoms. The van der Waals surface area contributed by atoms with Gasteiger partial charge in [-0.1, -0.05) is 0 Å². The van der Waals surface area contributed by atoms with Crippen LogP contribution in [0.1, 0.15) is 20.7 Å². The summed E-state index contributed by atoms with van der Waals surface area (Å²) < 4.78 is 0.597. The lowest BCUT2D eigenvalue weighted by Crippen LogP contribution is -2.44. The Labute approximate surface area is 190 Å². The summed E-state index contributed by atoms with van der Waals surface area (Å²) in [4.78, 5) is 25.7. The molecule has 0 radical (unpaired) electrons. The quantitative estimate of drug-likeness (QED) is 0.198. The lowest BCUT2D eigenvalue weighted by molar-refractivity contribution is 0.0208. The van der Waals surface area contributed by atoms with Gasteiger partial charge in [0.15, 0.2) is 0 Å². The average molecular weight is 706 g/mol. The lowest BCUT2D eigenvalue weighted by atomic mass is 10.1. The SMILES string of the molecule is NC(=O)c1c(I)c(O)c(I)c(C(=O)N(CC(O)CO)CC(O)CO)c1I. The predicted octanol–water partition coefficient (Wildman–Crippen LogP) is -0.546. The topological polar surface area (TPSA) is 165 Å². The first-order chi connectivity index (χ1) is 12.1. The van der Waals surface area contributed by atoms with E-state index in [-0.39, 0.29) is 40.7 Å². The fourth-order valence-electron chi connectivity index (χ4n) is 2.08. The molecule has 0 fully saturated rings. The van der Waals surface area contributed by atoms with Crippen molar-refractivity contribution in [2.24, 2.45) is 5.73 Å². The van der Waals surface area contributed by atoms with Gasteiger partial charge in [0.25, 0.3) is 11.8 Å². The van der Waals surface area contributed by atoms with Crippen LogP contribution in [0.3, 0.4) is 0 Å². The Hall–Kier alpha value is -0.0100. The highest BCUT2D eigenvalue weighted by Gasteiger charge is 2.30. The van der Waals surface area contributed by atoms with E-state index in [9.17, 15) is 24.9 Å². The standard InChI is InChI=1S/C14H17I3N2O7/c15-9-7(13(18)25)10(16)12(24)11(17)8(9)14(26)19(1-5(22)3-20)2-6(23)4-21/h5-6,20-24H,1-4H2,(H2,18,25). The first kappa shape index (κ1) is 24.0. The number of benzene rings is 1. The van der Waals surface area contributed by atoms with E-state index in [1.807, 2.05) is 0 Å². The number of rotatable bonds is 8. The summed E-state index contributed by atoms with van der Waals surface area (Å²) in [5, 5.41) is 47.7. The maximum absolute atomic E-state index is 13.0. The highest BCUT2D eigenvalue weighted by atomic mass is 127. The molecule has 0 bridgehead atoms. The Balaban J connectivity index is 3.49. The van der Waals surface area contributed by atoms with Gasteiger partial charge < -0.3 is 36.2 Å². The zero-order valence-corrected chi connectivity index (χ0v) is 19.7. The summed E-state index contributed by atoms with van der Waals surface area (Å²) in [6.45, 7) is -1.87. The van der Waals surface area contributed by atoms with Crippen molar-refractivity contribution in [2.45, 2.75) is 12.2 Å². The van der Waals surface area contributed by atoms with Crippen molar-refractivity contribution >= 4 is 79.6 Å². The Morgan fingerprint density at radius 1 is 0.923 bits per heavy atom. The van der Waals surface area contributed by atoms with Gasteiger partial charge in [-0.15, -0.1) is 0 Å². The zero-order valence-electron chi connectivity index (χ0n) is 13.2. The highest BCUT2D eigenvalue weighted by molar-refractivity contribution is 14.1. The van der Waals surface area contributed by atoms with Crippen LogP contribution in [0.25, 0.3) is 0 Å². The summed E-state index contributed by atoms with van der Waals surface area (Å²) in [6.07, 6.45) is -2.54. The van der Waals surface area contributed by atoms with Gasteiger partial charge in [-0.05, 0) is 67.8 Å². The fourth-order valence-corrected chi connectivity index (χ4v) is 6.24. The number of aliphatic hydroxyl groups excluding tert-OH is 4. The molecule has 0 aliphatic carbocycles. The van der Waals surface area contributed by atoms with E-state index in [0.29, 0.717) is 0 Å². The highest BCUT2D eigenvalue weighted by Crippen LogP contribution is 2.36. The third-order valence-corrected chi connectivity index (χ3v) is 6.50. The molecular weight excluding hydrogens is 689 g/mol. The summed E-state index contributed by atoms with van der Waals surface area (Å²) in [6, 6.07) is 0. The van der Waals surface area contributed by atoms with E-state index < -0.39 is 37.2 Å². The minimum absolute atomic E-state index is 0.0159. The number of amides is 2. The van der Waals surface area contributed by atoms with E-state index in [0.717, 1.165) is 4.90 Å². The van der Waals surface area contributed by atoms with Crippen molar-refractivity contribution in [2.75, 3.05) is 26.3 Å². The van der Waals surface area contributed by atoms with E-state index in [2.05, 4.69) is 0 Å². The van der Waals surface area contributed by atoms with Crippen LogP contribution < -0.4 is 5.73 Å². The monoisotopic (exact) mass is 706 g/mol. The smallest absolute Gasteiger partial charge is 0.256 e. The Bertz CT molecular complexity index is 690. The minimum atomic E-state index is -1.27. The summed E-state index contributed by atoms with van der Waals surface area (Å²) in [5.41, 5.74) is 5.31. The van der Waals surface area contributed by atoms with Crippen molar-refractivity contribution in [1.82, 2.24) is 4.90 Å². The third-order valence-electron chi connectivity index (χ3n) is 3.33. The van der Waals surface area contributed by atoms with Gasteiger partial charge in [0.05, 0.1) is 43.7 Å². The average Bonchev–Trinajstić information content (AvgIpc) is 2.58. The van der Waals surface area contributed by atoms with E-state index in [1.165, 1.54) is 0 Å². The van der Waals surface area contributed by atoms with Crippen molar-refractivity contribution in [3.8, 4) is 5.75 Å². The Morgan fingerprint density at radius 3 is 1.73 bits per heavy atom. The molecule has 146 valence electrons. The predicted molar refractivity (Wildman–Crippen MR) is 117 cm³/mol. The largest absolute Gasteiger partial charge is 0.506 e. The molecule has 0 aliphatic heterocycles. The van der Waals surface area contributed by atoms with Gasteiger partial charge in [-0.25, -0.2) is 0 Å². The number of carbonyl (C=O) groups excluding carboxylic acids is 2. The van der Waals surface area contributed by atoms with E-state index in [4.69, 9.17) is 15.9 Å². The van der Waals surface area contributed by atoms with Crippen LogP contribution in [-0.2, 0) is 0 Å². The summed E-state index contributed by atoms with van der Waals surface area (Å²) in [5.74, 6) is -1.81. The zero-order chi connectivity index (χ0) is 20.2. The van der Waals surface area contributed by atoms with Crippen LogP contribution in [-0.4, -0.2) is 80.8 Å². The number of aromatic hydroxyl groups is 1. The first-order valence-corrected chi connectivity index (χ1v) is 10.4. The van der Waals surface area contributed by atoms with Crippen LogP contribution in [0.15, 0.2) is 0 Å². The normalized spacial score (nSPS) is 13.3. The maximum atomic E-state index is 13.0. The molecule has 2 atom stereocenters. The van der Waals surface area contributed by atoms with Crippen LogP contribution in [0, 0.1) is 10.7 Å². The lowest BCUT2D eigenvalue weighted by Gasteiger charge is -2.28. The maximum Gasteiger partial charge on any atom is 0.256 e. The van der Waals surface area contributed by atoms with Gasteiger partial charge in [0.1, 0.15) is 5.75 Å². The van der Waals surface area contributed by atoms with Crippen LogP contribution in [0.2, 0.25) is 0 Å². The molecule has 26 heavy (non-hydrogen) atoms. The molecule has 2 amide bonds. The number of phenols is 1. The molecular formula is C14H17I3N2O7. The molecule has 0 saturated carbocycles. The number of nitrogens with zero attached hydrogens (tertiary/aromatic N) is 1. The first-order valence-electron chi connectivity index (χ1n) is 7.13. The second kappa shape index (κ2) is 10.5. The fraction of sp³-hybridized carbons (Fsp3) is 0.429. The number of phenolic OH excluding ortho intramolecular Hbond substituents is 1. The number of nitrogens with two attached hydrogens (primary N) is 1. The molecule has 1 rings (SSSR count). The van der Waals surface area contributed by atoms with Gasteiger partial charge in [0, 0.05) is 16.7 Å². The second-order valence-corrected chi connectivity index (χ2v) is 8.52. The van der Waals surface area contributed by atoms with Gasteiger partial charge in [-0.2, -0.15) is 0 Å². The Morgan fingerprint density at radius 2 is 1.35 bits per heavy atom. The van der Waals surface area contributed by atoms with Crippen LogP contribution in [0.4, 0.5) is 0 Å². The second-order valence-electron chi connectivity index (χ2n) is 5.29. The van der Waals surface area contributed by atoms with Crippen molar-refractivity contribution in [3.05, 3.63) is 21.8 Å².